The molecule has 0 radical (unpaired) electrons. The summed E-state index contributed by atoms with van der Waals surface area (Å²) in [6.45, 7) is 0.0976. The lowest BCUT2D eigenvalue weighted by molar-refractivity contribution is -0.133. The molecule has 0 unspecified atom stereocenters. The van der Waals surface area contributed by atoms with Crippen molar-refractivity contribution in [2.45, 2.75) is 6.54 Å². The molecule has 3 rings (SSSR count). The Hall–Kier alpha value is -3.73. The lowest BCUT2D eigenvalue weighted by atomic mass is 10.0. The number of ether oxygens (including phenoxy) is 1. The van der Waals surface area contributed by atoms with E-state index in [0.29, 0.717) is 17.7 Å². The molecule has 3 aromatic rings. The van der Waals surface area contributed by atoms with Crippen molar-refractivity contribution in [1.82, 2.24) is 4.90 Å². The third-order valence-electron chi connectivity index (χ3n) is 4.43. The molecule has 0 aliphatic heterocycles. The first-order chi connectivity index (χ1) is 14.0. The van der Waals surface area contributed by atoms with E-state index in [1.165, 1.54) is 17.0 Å². The molecule has 0 spiro atoms. The lowest BCUT2D eigenvalue weighted by Crippen LogP contribution is -2.30. The van der Waals surface area contributed by atoms with Crippen molar-refractivity contribution in [3.63, 3.8) is 0 Å². The van der Waals surface area contributed by atoms with Gasteiger partial charge >= 0.3 is 5.97 Å². The van der Waals surface area contributed by atoms with Gasteiger partial charge in [0.1, 0.15) is 0 Å². The van der Waals surface area contributed by atoms with Gasteiger partial charge in [0, 0.05) is 24.7 Å². The minimum absolute atomic E-state index is 0.122. The van der Waals surface area contributed by atoms with Gasteiger partial charge in [-0.2, -0.15) is 0 Å². The Morgan fingerprint density at radius 1 is 0.724 bits per heavy atom. The highest BCUT2D eigenvalue weighted by atomic mass is 16.5. The maximum absolute atomic E-state index is 12.4. The number of likely N-dealkylation sites (N-methyl/N-ethyl adjacent to an activating group) is 1. The van der Waals surface area contributed by atoms with Crippen LogP contribution in [-0.2, 0) is 16.1 Å². The maximum atomic E-state index is 12.4. The normalized spacial score (nSPS) is 10.2. The zero-order valence-corrected chi connectivity index (χ0v) is 16.1. The van der Waals surface area contributed by atoms with Crippen molar-refractivity contribution < 1.29 is 19.1 Å². The maximum Gasteiger partial charge on any atom is 0.338 e. The first kappa shape index (κ1) is 20.0. The Morgan fingerprint density at radius 2 is 1.24 bits per heavy atom. The standard InChI is InChI=1S/C24H21NO4/c1-25(16-18-8-4-2-5-9-18)22(26)17-29-24(28)21-14-12-20(13-15-21)23(27)19-10-6-3-7-11-19/h2-15H,16-17H2,1H3. The largest absolute Gasteiger partial charge is 0.452 e. The molecule has 0 aliphatic rings. The summed E-state index contributed by atoms with van der Waals surface area (Å²) in [5, 5.41) is 0. The van der Waals surface area contributed by atoms with Crippen LogP contribution in [0, 0.1) is 0 Å². The van der Waals surface area contributed by atoms with E-state index in [2.05, 4.69) is 0 Å². The van der Waals surface area contributed by atoms with E-state index < -0.39 is 5.97 Å². The number of benzene rings is 3. The second-order valence-corrected chi connectivity index (χ2v) is 6.58. The summed E-state index contributed by atoms with van der Waals surface area (Å²) in [7, 11) is 1.66. The fourth-order valence-corrected chi connectivity index (χ4v) is 2.78. The van der Waals surface area contributed by atoms with E-state index in [0.717, 1.165) is 5.56 Å². The first-order valence-electron chi connectivity index (χ1n) is 9.19. The van der Waals surface area contributed by atoms with Gasteiger partial charge in [0.15, 0.2) is 12.4 Å². The number of hydrogen-bond acceptors (Lipinski definition) is 4. The summed E-state index contributed by atoms with van der Waals surface area (Å²) in [6.07, 6.45) is 0. The molecule has 0 saturated carbocycles. The van der Waals surface area contributed by atoms with E-state index >= 15 is 0 Å². The van der Waals surface area contributed by atoms with E-state index in [9.17, 15) is 14.4 Å². The van der Waals surface area contributed by atoms with E-state index in [1.54, 1.807) is 43.4 Å². The summed E-state index contributed by atoms with van der Waals surface area (Å²) in [6, 6.07) is 24.7. The zero-order chi connectivity index (χ0) is 20.6. The van der Waals surface area contributed by atoms with Gasteiger partial charge in [0.05, 0.1) is 5.56 Å². The quantitative estimate of drug-likeness (QED) is 0.458. The van der Waals surface area contributed by atoms with Crippen LogP contribution in [0.25, 0.3) is 0 Å². The van der Waals surface area contributed by atoms with Gasteiger partial charge in [0.2, 0.25) is 0 Å². The summed E-state index contributed by atoms with van der Waals surface area (Å²) in [5.74, 6) is -1.02. The van der Waals surface area contributed by atoms with Crippen molar-refractivity contribution in [2.24, 2.45) is 0 Å². The topological polar surface area (TPSA) is 63.7 Å². The molecule has 0 aromatic heterocycles. The van der Waals surface area contributed by atoms with Gasteiger partial charge < -0.3 is 9.64 Å². The summed E-state index contributed by atoms with van der Waals surface area (Å²) in [5.41, 5.74) is 2.34. The van der Waals surface area contributed by atoms with Crippen molar-refractivity contribution >= 4 is 17.7 Å². The molecule has 146 valence electrons. The lowest BCUT2D eigenvalue weighted by Gasteiger charge is -2.17. The number of hydrogen-bond donors (Lipinski definition) is 0. The highest BCUT2D eigenvalue weighted by Crippen LogP contribution is 2.12. The van der Waals surface area contributed by atoms with Gasteiger partial charge in [-0.3, -0.25) is 9.59 Å². The molecule has 0 fully saturated rings. The van der Waals surface area contributed by atoms with Crippen LogP contribution >= 0.6 is 0 Å². The van der Waals surface area contributed by atoms with Gasteiger partial charge in [-0.05, 0) is 17.7 Å². The molecular formula is C24H21NO4. The number of carbonyl (C=O) groups excluding carboxylic acids is 3. The SMILES string of the molecule is CN(Cc1ccccc1)C(=O)COC(=O)c1ccc(C(=O)c2ccccc2)cc1. The minimum atomic E-state index is -0.606. The Bertz CT molecular complexity index is 982. The predicted octanol–water partition coefficient (Wildman–Crippen LogP) is 3.73. The Labute approximate surface area is 169 Å². The minimum Gasteiger partial charge on any atom is -0.452 e. The fraction of sp³-hybridized carbons (Fsp3) is 0.125. The number of carbonyl (C=O) groups is 3. The first-order valence-corrected chi connectivity index (χ1v) is 9.19. The molecule has 1 amide bonds. The van der Waals surface area contributed by atoms with Crippen LogP contribution in [0.5, 0.6) is 0 Å². The predicted molar refractivity (Wildman–Crippen MR) is 110 cm³/mol. The third kappa shape index (κ3) is 5.39. The molecule has 5 heteroatoms. The van der Waals surface area contributed by atoms with Gasteiger partial charge in [-0.15, -0.1) is 0 Å². The molecule has 0 bridgehead atoms. The molecule has 0 N–H and O–H groups in total. The number of ketones is 1. The number of esters is 1. The molecule has 0 heterocycles. The van der Waals surface area contributed by atoms with E-state index in [4.69, 9.17) is 4.74 Å². The fourth-order valence-electron chi connectivity index (χ4n) is 2.78. The van der Waals surface area contributed by atoms with Crippen molar-refractivity contribution in [3.05, 3.63) is 107 Å². The van der Waals surface area contributed by atoms with Gasteiger partial charge in [0.25, 0.3) is 5.91 Å². The summed E-state index contributed by atoms with van der Waals surface area (Å²) >= 11 is 0. The number of rotatable bonds is 7. The van der Waals surface area contributed by atoms with Crippen molar-refractivity contribution in [1.29, 1.82) is 0 Å². The zero-order valence-electron chi connectivity index (χ0n) is 16.1. The Morgan fingerprint density at radius 3 is 1.86 bits per heavy atom. The summed E-state index contributed by atoms with van der Waals surface area (Å²) < 4.78 is 5.12. The monoisotopic (exact) mass is 387 g/mol. The molecular weight excluding hydrogens is 366 g/mol. The van der Waals surface area contributed by atoms with Crippen LogP contribution in [0.15, 0.2) is 84.9 Å². The molecule has 0 saturated heterocycles. The van der Waals surface area contributed by atoms with Crippen LogP contribution in [0.2, 0.25) is 0 Å². The summed E-state index contributed by atoms with van der Waals surface area (Å²) in [4.78, 5) is 38.3. The van der Waals surface area contributed by atoms with Crippen LogP contribution in [0.3, 0.4) is 0 Å². The van der Waals surface area contributed by atoms with Crippen LogP contribution in [0.1, 0.15) is 31.8 Å². The average Bonchev–Trinajstić information content (AvgIpc) is 2.78. The van der Waals surface area contributed by atoms with Crippen molar-refractivity contribution in [3.8, 4) is 0 Å². The second-order valence-electron chi connectivity index (χ2n) is 6.58. The average molecular weight is 387 g/mol. The molecule has 3 aromatic carbocycles. The molecule has 0 aliphatic carbocycles. The molecule has 0 atom stereocenters. The van der Waals surface area contributed by atoms with E-state index in [-0.39, 0.29) is 23.9 Å². The molecule has 29 heavy (non-hydrogen) atoms. The third-order valence-corrected chi connectivity index (χ3v) is 4.43. The Balaban J connectivity index is 1.54. The number of nitrogens with zero attached hydrogens (tertiary/aromatic N) is 1. The number of amides is 1. The van der Waals surface area contributed by atoms with Crippen LogP contribution in [-0.4, -0.2) is 36.2 Å². The van der Waals surface area contributed by atoms with Gasteiger partial charge in [-0.25, -0.2) is 4.79 Å². The van der Waals surface area contributed by atoms with Crippen molar-refractivity contribution in [2.75, 3.05) is 13.7 Å². The van der Waals surface area contributed by atoms with Gasteiger partial charge in [-0.1, -0.05) is 72.8 Å². The second kappa shape index (κ2) is 9.46. The highest BCUT2D eigenvalue weighted by molar-refractivity contribution is 6.09. The molecule has 5 nitrogen and oxygen atoms in total. The Kier molecular flexibility index (Phi) is 6.53. The van der Waals surface area contributed by atoms with Crippen LogP contribution < -0.4 is 0 Å². The van der Waals surface area contributed by atoms with E-state index in [1.807, 2.05) is 36.4 Å². The smallest absolute Gasteiger partial charge is 0.338 e. The van der Waals surface area contributed by atoms with Crippen LogP contribution in [0.4, 0.5) is 0 Å². The highest BCUT2D eigenvalue weighted by Gasteiger charge is 2.15.